The molecule has 51 heavy (non-hydrogen) atoms. The Kier molecular flexibility index (Phi) is 13.6. The molecule has 2 saturated heterocycles. The summed E-state index contributed by atoms with van der Waals surface area (Å²) in [4.78, 5) is 75.3. The topological polar surface area (TPSA) is 226 Å². The summed E-state index contributed by atoms with van der Waals surface area (Å²) >= 11 is 0. The first-order valence-corrected chi connectivity index (χ1v) is 15.7. The van der Waals surface area contributed by atoms with Crippen molar-refractivity contribution in [2.24, 2.45) is 0 Å². The molecule has 2 aromatic carbocycles. The maximum absolute atomic E-state index is 13.3. The molecular weight excluding hydrogens is 680 g/mol. The van der Waals surface area contributed by atoms with E-state index in [4.69, 9.17) is 42.6 Å². The van der Waals surface area contributed by atoms with Crippen LogP contribution in [0.4, 0.5) is 0 Å². The first-order valence-electron chi connectivity index (χ1n) is 15.7. The van der Waals surface area contributed by atoms with Crippen molar-refractivity contribution >= 4 is 35.8 Å². The largest absolute Gasteiger partial charge is 0.463 e. The van der Waals surface area contributed by atoms with Crippen LogP contribution in [0.2, 0.25) is 0 Å². The Bertz CT molecular complexity index is 1530. The van der Waals surface area contributed by atoms with Crippen LogP contribution >= 0.6 is 0 Å². The summed E-state index contributed by atoms with van der Waals surface area (Å²) < 4.78 is 50.7. The van der Waals surface area contributed by atoms with E-state index in [1.54, 1.807) is 36.4 Å². The van der Waals surface area contributed by atoms with Gasteiger partial charge < -0.3 is 52.8 Å². The fraction of sp³-hybridized carbons (Fsp3) is 0.471. The number of aliphatic hydroxyl groups is 2. The second kappa shape index (κ2) is 17.8. The third kappa shape index (κ3) is 10.3. The highest BCUT2D eigenvalue weighted by Gasteiger charge is 2.57. The molecule has 2 aromatic rings. The lowest BCUT2D eigenvalue weighted by atomic mass is 9.96. The van der Waals surface area contributed by atoms with Gasteiger partial charge in [0.1, 0.15) is 24.9 Å². The number of aliphatic hydroxyl groups excluding tert-OH is 2. The molecular formula is C34H38O17. The Morgan fingerprint density at radius 1 is 0.569 bits per heavy atom. The molecule has 0 saturated carbocycles. The average Bonchev–Trinajstić information content (AvgIpc) is 3.08. The zero-order chi connectivity index (χ0) is 37.2. The summed E-state index contributed by atoms with van der Waals surface area (Å²) in [6.45, 7) is 2.75. The number of ether oxygens (including phenoxy) is 9. The molecule has 2 N–H and O–H groups in total. The van der Waals surface area contributed by atoms with Crippen molar-refractivity contribution in [3.8, 4) is 0 Å². The van der Waals surface area contributed by atoms with Crippen LogP contribution in [0.3, 0.4) is 0 Å². The quantitative estimate of drug-likeness (QED) is 0.226. The van der Waals surface area contributed by atoms with Crippen LogP contribution in [0.5, 0.6) is 0 Å². The van der Waals surface area contributed by atoms with E-state index in [1.807, 2.05) is 0 Å². The van der Waals surface area contributed by atoms with Crippen LogP contribution in [0, 0.1) is 0 Å². The smallest absolute Gasteiger partial charge is 0.338 e. The molecule has 0 radical (unpaired) electrons. The molecule has 2 aliphatic rings. The first kappa shape index (κ1) is 38.9. The maximum Gasteiger partial charge on any atom is 0.338 e. The van der Waals surface area contributed by atoms with Gasteiger partial charge in [-0.25, -0.2) is 9.59 Å². The minimum absolute atomic E-state index is 0.0536. The van der Waals surface area contributed by atoms with E-state index >= 15 is 0 Å². The summed E-state index contributed by atoms with van der Waals surface area (Å²) in [6, 6.07) is 15.3. The first-order chi connectivity index (χ1) is 24.3. The van der Waals surface area contributed by atoms with Crippen LogP contribution in [-0.4, -0.2) is 121 Å². The monoisotopic (exact) mass is 718 g/mol. The number of hydrogen-bond donors (Lipinski definition) is 2. The number of hydrogen-bond acceptors (Lipinski definition) is 17. The van der Waals surface area contributed by atoms with E-state index < -0.39 is 110 Å². The van der Waals surface area contributed by atoms with Crippen LogP contribution in [0.25, 0.3) is 0 Å². The second-order valence-electron chi connectivity index (χ2n) is 11.4. The fourth-order valence-electron chi connectivity index (χ4n) is 5.45. The zero-order valence-electron chi connectivity index (χ0n) is 28.0. The SMILES string of the molecule is CC(=O)OCC1O[C@H](OC2[C@H](OC(=O)c3ccccc3)C(CO)O[C@@H](O)[C@@H]2OC(=O)c2ccccc2)[C@H](OC(C)=O)[C@@H](OC(C)=O)[C@@H]1OC(C)=O. The van der Waals surface area contributed by atoms with Gasteiger partial charge in [-0.15, -0.1) is 0 Å². The van der Waals surface area contributed by atoms with Crippen molar-refractivity contribution in [2.45, 2.75) is 89.1 Å². The molecule has 2 aliphatic heterocycles. The zero-order valence-corrected chi connectivity index (χ0v) is 28.0. The minimum atomic E-state index is -2.00. The summed E-state index contributed by atoms with van der Waals surface area (Å²) in [6.07, 6.45) is -17.0. The van der Waals surface area contributed by atoms with Gasteiger partial charge in [0, 0.05) is 27.7 Å². The molecule has 2 fully saturated rings. The Balaban J connectivity index is 1.81. The molecule has 17 heteroatoms. The number of benzene rings is 2. The number of esters is 6. The minimum Gasteiger partial charge on any atom is -0.463 e. The van der Waals surface area contributed by atoms with Gasteiger partial charge in [-0.3, -0.25) is 19.2 Å². The van der Waals surface area contributed by atoms with Crippen molar-refractivity contribution in [1.29, 1.82) is 0 Å². The Morgan fingerprint density at radius 3 is 1.53 bits per heavy atom. The predicted molar refractivity (Wildman–Crippen MR) is 166 cm³/mol. The Hall–Kier alpha value is -4.94. The third-order valence-corrected chi connectivity index (χ3v) is 7.53. The van der Waals surface area contributed by atoms with Crippen LogP contribution in [0.1, 0.15) is 48.4 Å². The summed E-state index contributed by atoms with van der Waals surface area (Å²) in [5.74, 6) is -5.37. The highest BCUT2D eigenvalue weighted by molar-refractivity contribution is 5.90. The number of carbonyl (C=O) groups is 6. The summed E-state index contributed by atoms with van der Waals surface area (Å²) in [5.41, 5.74) is 0.127. The van der Waals surface area contributed by atoms with Gasteiger partial charge in [-0.1, -0.05) is 36.4 Å². The normalized spacial score (nSPS) is 28.7. The molecule has 10 atom stereocenters. The average molecular weight is 719 g/mol. The Labute approximate surface area is 291 Å². The van der Waals surface area contributed by atoms with Gasteiger partial charge in [0.25, 0.3) is 0 Å². The van der Waals surface area contributed by atoms with E-state index in [-0.39, 0.29) is 11.1 Å². The lowest BCUT2D eigenvalue weighted by Crippen LogP contribution is -2.67. The highest BCUT2D eigenvalue weighted by Crippen LogP contribution is 2.35. The van der Waals surface area contributed by atoms with Crippen LogP contribution < -0.4 is 0 Å². The molecule has 2 heterocycles. The Morgan fingerprint density at radius 2 is 1.04 bits per heavy atom. The molecule has 0 amide bonds. The summed E-state index contributed by atoms with van der Waals surface area (Å²) in [5, 5.41) is 21.4. The van der Waals surface area contributed by atoms with E-state index in [2.05, 4.69) is 0 Å². The number of rotatable bonds is 12. The second-order valence-corrected chi connectivity index (χ2v) is 11.4. The molecule has 276 valence electrons. The van der Waals surface area contributed by atoms with Crippen molar-refractivity contribution < 1.29 is 81.6 Å². The van der Waals surface area contributed by atoms with Gasteiger partial charge in [0.2, 0.25) is 0 Å². The molecule has 17 nitrogen and oxygen atoms in total. The molecule has 0 bridgehead atoms. The standard InChI is InChI=1S/C34H38O17/c1-17(36)43-16-24-26(44-18(2)37)28(45-19(3)38)30(46-20(4)39)34(48-24)51-27-25(49-31(40)21-11-7-5-8-12-21)23(15-35)47-33(42)29(27)50-32(41)22-13-9-6-10-14-22/h5-14,23-30,33-35,42H,15-16H2,1-4H3/t23?,24?,25-,26-,27?,28+,29-,30-,33-,34-/m1/s1. The molecule has 0 aliphatic carbocycles. The third-order valence-electron chi connectivity index (χ3n) is 7.53. The molecule has 0 aromatic heterocycles. The highest BCUT2D eigenvalue weighted by atomic mass is 16.8. The lowest BCUT2D eigenvalue weighted by Gasteiger charge is -2.48. The van der Waals surface area contributed by atoms with E-state index in [9.17, 15) is 39.0 Å². The van der Waals surface area contributed by atoms with E-state index in [0.29, 0.717) is 0 Å². The molecule has 4 rings (SSSR count). The van der Waals surface area contributed by atoms with E-state index in [1.165, 1.54) is 24.3 Å². The molecule has 3 unspecified atom stereocenters. The van der Waals surface area contributed by atoms with Crippen molar-refractivity contribution in [2.75, 3.05) is 13.2 Å². The molecule has 0 spiro atoms. The van der Waals surface area contributed by atoms with Gasteiger partial charge in [-0.2, -0.15) is 0 Å². The maximum atomic E-state index is 13.3. The van der Waals surface area contributed by atoms with Gasteiger partial charge >= 0.3 is 35.8 Å². The fourth-order valence-corrected chi connectivity index (χ4v) is 5.45. The van der Waals surface area contributed by atoms with E-state index in [0.717, 1.165) is 27.7 Å². The van der Waals surface area contributed by atoms with Crippen molar-refractivity contribution in [1.82, 2.24) is 0 Å². The number of carbonyl (C=O) groups excluding carboxylic acids is 6. The van der Waals surface area contributed by atoms with Gasteiger partial charge in [-0.05, 0) is 24.3 Å². The summed E-state index contributed by atoms with van der Waals surface area (Å²) in [7, 11) is 0. The van der Waals surface area contributed by atoms with Crippen LogP contribution in [0.15, 0.2) is 60.7 Å². The van der Waals surface area contributed by atoms with Gasteiger partial charge in [0.05, 0.1) is 17.7 Å². The van der Waals surface area contributed by atoms with Gasteiger partial charge in [0.15, 0.2) is 43.1 Å². The van der Waals surface area contributed by atoms with Crippen LogP contribution in [-0.2, 0) is 61.8 Å². The lowest BCUT2D eigenvalue weighted by molar-refractivity contribution is -0.355. The van der Waals surface area contributed by atoms with Crippen molar-refractivity contribution in [3.63, 3.8) is 0 Å². The van der Waals surface area contributed by atoms with Crippen molar-refractivity contribution in [3.05, 3.63) is 71.8 Å². The predicted octanol–water partition coefficient (Wildman–Crippen LogP) is 0.615.